The first-order valence-electron chi connectivity index (χ1n) is 6.25. The van der Waals surface area contributed by atoms with E-state index in [1.54, 1.807) is 0 Å². The molecule has 1 aromatic rings. The lowest BCUT2D eigenvalue weighted by Crippen LogP contribution is -2.26. The Labute approximate surface area is 101 Å². The molecule has 3 rings (SSSR count). The first-order chi connectivity index (χ1) is 8.10. The second-order valence-corrected chi connectivity index (χ2v) is 5.48. The van der Waals surface area contributed by atoms with Crippen molar-refractivity contribution in [2.75, 3.05) is 13.2 Å². The van der Waals surface area contributed by atoms with Crippen LogP contribution in [0.15, 0.2) is 24.3 Å². The molecule has 17 heavy (non-hydrogen) atoms. The monoisotopic (exact) mass is 235 g/mol. The molecule has 1 aliphatic heterocycles. The molecule has 1 atom stereocenters. The van der Waals surface area contributed by atoms with Gasteiger partial charge < -0.3 is 10.5 Å². The van der Waals surface area contributed by atoms with E-state index in [0.717, 1.165) is 18.4 Å². The predicted molar refractivity (Wildman–Crippen MR) is 64.5 cm³/mol. The zero-order valence-electron chi connectivity index (χ0n) is 9.92. The van der Waals surface area contributed by atoms with E-state index >= 15 is 0 Å². The maximum absolute atomic E-state index is 14.2. The quantitative estimate of drug-likeness (QED) is 0.872. The second kappa shape index (κ2) is 3.79. The summed E-state index contributed by atoms with van der Waals surface area (Å²) in [6.07, 6.45) is 3.08. The van der Waals surface area contributed by atoms with Crippen molar-refractivity contribution in [1.82, 2.24) is 0 Å². The topological polar surface area (TPSA) is 35.2 Å². The van der Waals surface area contributed by atoms with Crippen molar-refractivity contribution in [3.63, 3.8) is 0 Å². The third-order valence-electron chi connectivity index (χ3n) is 3.89. The van der Waals surface area contributed by atoms with Crippen LogP contribution in [0.1, 0.15) is 30.4 Å². The lowest BCUT2D eigenvalue weighted by Gasteiger charge is -2.17. The molecule has 0 radical (unpaired) electrons. The van der Waals surface area contributed by atoms with Crippen LogP contribution >= 0.6 is 0 Å². The largest absolute Gasteiger partial charge is 0.378 e. The fourth-order valence-electron chi connectivity index (χ4n) is 2.47. The molecule has 1 saturated carbocycles. The molecular weight excluding hydrogens is 217 g/mol. The van der Waals surface area contributed by atoms with Gasteiger partial charge in [0.15, 0.2) is 0 Å². The van der Waals surface area contributed by atoms with Gasteiger partial charge in [0.25, 0.3) is 0 Å². The van der Waals surface area contributed by atoms with Crippen molar-refractivity contribution in [2.24, 2.45) is 5.73 Å². The van der Waals surface area contributed by atoms with Crippen molar-refractivity contribution in [2.45, 2.75) is 36.9 Å². The maximum Gasteiger partial charge on any atom is 0.140 e. The van der Waals surface area contributed by atoms with E-state index in [4.69, 9.17) is 10.5 Å². The molecule has 0 amide bonds. The molecular formula is C14H18FNO. The third-order valence-corrected chi connectivity index (χ3v) is 3.89. The van der Waals surface area contributed by atoms with Gasteiger partial charge in [0.1, 0.15) is 5.67 Å². The molecule has 1 unspecified atom stereocenters. The van der Waals surface area contributed by atoms with Crippen LogP contribution in [0.3, 0.4) is 0 Å². The van der Waals surface area contributed by atoms with E-state index in [1.807, 2.05) is 24.3 Å². The van der Waals surface area contributed by atoms with Gasteiger partial charge in [-0.05, 0) is 24.0 Å². The average molecular weight is 235 g/mol. The van der Waals surface area contributed by atoms with E-state index in [9.17, 15) is 4.39 Å². The van der Waals surface area contributed by atoms with Crippen LogP contribution in [0, 0.1) is 0 Å². The van der Waals surface area contributed by atoms with Crippen molar-refractivity contribution >= 4 is 0 Å². The van der Waals surface area contributed by atoms with Gasteiger partial charge in [-0.3, -0.25) is 0 Å². The fraction of sp³-hybridized carbons (Fsp3) is 0.571. The number of hydrogen-bond acceptors (Lipinski definition) is 2. The number of benzene rings is 1. The summed E-state index contributed by atoms with van der Waals surface area (Å²) < 4.78 is 19.3. The van der Waals surface area contributed by atoms with E-state index < -0.39 is 5.67 Å². The summed E-state index contributed by atoms with van der Waals surface area (Å²) in [6, 6.07) is 8.09. The smallest absolute Gasteiger partial charge is 0.140 e. The minimum atomic E-state index is -1.17. The summed E-state index contributed by atoms with van der Waals surface area (Å²) in [6.45, 7) is 0.774. The normalized spacial score (nSPS) is 30.5. The predicted octanol–water partition coefficient (Wildman–Crippen LogP) is 2.31. The molecule has 0 spiro atoms. The van der Waals surface area contributed by atoms with Crippen LogP contribution in [0.2, 0.25) is 0 Å². The Morgan fingerprint density at radius 3 is 2.41 bits per heavy atom. The van der Waals surface area contributed by atoms with Crippen molar-refractivity contribution in [3.05, 3.63) is 35.4 Å². The molecule has 2 N–H and O–H groups in total. The van der Waals surface area contributed by atoms with Crippen LogP contribution in [0.4, 0.5) is 4.39 Å². The molecule has 0 aromatic heterocycles. The Hall–Kier alpha value is -0.930. The van der Waals surface area contributed by atoms with Crippen molar-refractivity contribution in [1.29, 1.82) is 0 Å². The highest BCUT2D eigenvalue weighted by Gasteiger charge is 2.40. The van der Waals surface area contributed by atoms with Gasteiger partial charge in [0, 0.05) is 25.0 Å². The average Bonchev–Trinajstić information content (AvgIpc) is 2.92. The van der Waals surface area contributed by atoms with E-state index in [0.29, 0.717) is 19.4 Å². The Morgan fingerprint density at radius 2 is 1.88 bits per heavy atom. The molecule has 2 fully saturated rings. The molecule has 1 heterocycles. The van der Waals surface area contributed by atoms with Crippen LogP contribution in [0.25, 0.3) is 0 Å². The number of ether oxygens (including phenoxy) is 1. The number of alkyl halides is 1. The lowest BCUT2D eigenvalue weighted by atomic mass is 9.94. The highest BCUT2D eigenvalue weighted by Crippen LogP contribution is 2.42. The highest BCUT2D eigenvalue weighted by molar-refractivity contribution is 5.32. The van der Waals surface area contributed by atoms with E-state index in [1.165, 1.54) is 5.56 Å². The van der Waals surface area contributed by atoms with Gasteiger partial charge in [0.05, 0.1) is 6.61 Å². The summed E-state index contributed by atoms with van der Waals surface area (Å²) in [7, 11) is 0. The van der Waals surface area contributed by atoms with Crippen LogP contribution in [-0.4, -0.2) is 18.9 Å². The Bertz CT molecular complexity index is 405. The minimum absolute atomic E-state index is 0.0948. The Balaban J connectivity index is 1.72. The van der Waals surface area contributed by atoms with Gasteiger partial charge in [-0.25, -0.2) is 4.39 Å². The zero-order valence-corrected chi connectivity index (χ0v) is 9.92. The Morgan fingerprint density at radius 1 is 1.18 bits per heavy atom. The summed E-state index contributed by atoms with van der Waals surface area (Å²) in [5.41, 5.74) is 7.06. The lowest BCUT2D eigenvalue weighted by molar-refractivity contribution is 0.112. The number of hydrogen-bond donors (Lipinski definition) is 1. The van der Waals surface area contributed by atoms with E-state index in [-0.39, 0.29) is 12.1 Å². The van der Waals surface area contributed by atoms with Crippen molar-refractivity contribution in [3.8, 4) is 0 Å². The van der Waals surface area contributed by atoms with Gasteiger partial charge in [-0.1, -0.05) is 24.3 Å². The molecule has 3 heteroatoms. The van der Waals surface area contributed by atoms with Crippen LogP contribution < -0.4 is 5.73 Å². The van der Waals surface area contributed by atoms with Gasteiger partial charge >= 0.3 is 0 Å². The van der Waals surface area contributed by atoms with E-state index in [2.05, 4.69) is 0 Å². The molecule has 1 saturated heterocycles. The summed E-state index contributed by atoms with van der Waals surface area (Å²) in [5, 5.41) is 0. The third kappa shape index (κ3) is 2.22. The van der Waals surface area contributed by atoms with Crippen molar-refractivity contribution < 1.29 is 9.13 Å². The summed E-state index contributed by atoms with van der Waals surface area (Å²) >= 11 is 0. The Kier molecular flexibility index (Phi) is 2.49. The highest BCUT2D eigenvalue weighted by atomic mass is 19.1. The molecule has 1 aromatic carbocycles. The molecule has 2 nitrogen and oxygen atoms in total. The molecule has 1 aliphatic carbocycles. The molecule has 92 valence electrons. The summed E-state index contributed by atoms with van der Waals surface area (Å²) in [5.74, 6) is 0. The first kappa shape index (κ1) is 11.2. The van der Waals surface area contributed by atoms with Gasteiger partial charge in [0.2, 0.25) is 0 Å². The summed E-state index contributed by atoms with van der Waals surface area (Å²) in [4.78, 5) is 0. The zero-order chi connectivity index (χ0) is 11.9. The fourth-order valence-corrected chi connectivity index (χ4v) is 2.47. The minimum Gasteiger partial charge on any atom is -0.378 e. The second-order valence-electron chi connectivity index (χ2n) is 5.48. The number of rotatable bonds is 3. The molecule has 0 bridgehead atoms. The number of nitrogens with two attached hydrogens (primary N) is 1. The SMILES string of the molecule is NC1(c2ccc(CC3(F)CCOC3)cc2)CC1. The van der Waals surface area contributed by atoms with Gasteiger partial charge in [-0.15, -0.1) is 0 Å². The van der Waals surface area contributed by atoms with Crippen LogP contribution in [-0.2, 0) is 16.7 Å². The standard InChI is InChI=1S/C14H18FNO/c15-13(7-8-17-10-13)9-11-1-3-12(4-2-11)14(16)5-6-14/h1-4H,5-10,16H2. The maximum atomic E-state index is 14.2. The number of halogens is 1. The van der Waals surface area contributed by atoms with Crippen LogP contribution in [0.5, 0.6) is 0 Å². The first-order valence-corrected chi connectivity index (χ1v) is 6.25. The molecule has 2 aliphatic rings. The van der Waals surface area contributed by atoms with Gasteiger partial charge in [-0.2, -0.15) is 0 Å².